The first-order valence-corrected chi connectivity index (χ1v) is 8.30. The largest absolute Gasteiger partial charge is 0.354 e. The molecule has 0 aliphatic rings. The molecule has 2 heteroatoms. The SMILES string of the molecule is CC(C)c1cccc(C(C)C)c1-c1ccc(C[N+](C)(C)C)[nH]1. The van der Waals surface area contributed by atoms with Crippen molar-refractivity contribution >= 4 is 0 Å². The number of nitrogens with zero attached hydrogens (tertiary/aromatic N) is 1. The average Bonchev–Trinajstić information content (AvgIpc) is 2.83. The molecule has 2 aromatic rings. The van der Waals surface area contributed by atoms with Crippen molar-refractivity contribution in [1.82, 2.24) is 4.98 Å². The maximum Gasteiger partial charge on any atom is 0.119 e. The van der Waals surface area contributed by atoms with Crippen molar-refractivity contribution in [2.75, 3.05) is 21.1 Å². The highest BCUT2D eigenvalue weighted by Gasteiger charge is 2.17. The zero-order valence-corrected chi connectivity index (χ0v) is 15.2. The van der Waals surface area contributed by atoms with Gasteiger partial charge in [-0.15, -0.1) is 0 Å². The van der Waals surface area contributed by atoms with Gasteiger partial charge in [0, 0.05) is 11.3 Å². The minimum atomic E-state index is 0.527. The lowest BCUT2D eigenvalue weighted by atomic mass is 9.87. The predicted octanol–water partition coefficient (Wildman–Crippen LogP) is 5.13. The van der Waals surface area contributed by atoms with Crippen LogP contribution in [0.2, 0.25) is 0 Å². The van der Waals surface area contributed by atoms with E-state index in [1.807, 2.05) is 0 Å². The summed E-state index contributed by atoms with van der Waals surface area (Å²) in [5, 5.41) is 0. The van der Waals surface area contributed by atoms with Crippen LogP contribution in [0, 0.1) is 0 Å². The number of nitrogens with one attached hydrogen (secondary N) is 1. The van der Waals surface area contributed by atoms with Crippen LogP contribution in [-0.4, -0.2) is 30.6 Å². The fraction of sp³-hybridized carbons (Fsp3) is 0.500. The van der Waals surface area contributed by atoms with E-state index >= 15 is 0 Å². The lowest BCUT2D eigenvalue weighted by Gasteiger charge is -2.23. The molecule has 0 aliphatic carbocycles. The molecule has 1 aromatic carbocycles. The van der Waals surface area contributed by atoms with Gasteiger partial charge >= 0.3 is 0 Å². The molecule has 0 atom stereocenters. The van der Waals surface area contributed by atoms with Gasteiger partial charge in [0.25, 0.3) is 0 Å². The van der Waals surface area contributed by atoms with Gasteiger partial charge in [0.1, 0.15) is 6.54 Å². The monoisotopic (exact) mass is 299 g/mol. The number of aromatic nitrogens is 1. The highest BCUT2D eigenvalue weighted by molar-refractivity contribution is 5.70. The quantitative estimate of drug-likeness (QED) is 0.736. The summed E-state index contributed by atoms with van der Waals surface area (Å²) in [6, 6.07) is 11.2. The molecule has 120 valence electrons. The number of aromatic amines is 1. The minimum Gasteiger partial charge on any atom is -0.354 e. The van der Waals surface area contributed by atoms with E-state index in [-0.39, 0.29) is 0 Å². The molecule has 0 fully saturated rings. The number of rotatable bonds is 5. The van der Waals surface area contributed by atoms with Crippen molar-refractivity contribution in [3.05, 3.63) is 47.2 Å². The predicted molar refractivity (Wildman–Crippen MR) is 96.1 cm³/mol. The first kappa shape index (κ1) is 16.8. The topological polar surface area (TPSA) is 15.8 Å². The van der Waals surface area contributed by atoms with Gasteiger partial charge in [0.15, 0.2) is 0 Å². The Morgan fingerprint density at radius 1 is 0.864 bits per heavy atom. The third-order valence-corrected chi connectivity index (χ3v) is 4.03. The molecule has 1 aromatic heterocycles. The highest BCUT2D eigenvalue weighted by Crippen LogP contribution is 2.35. The van der Waals surface area contributed by atoms with Gasteiger partial charge in [-0.05, 0) is 35.1 Å². The highest BCUT2D eigenvalue weighted by atomic mass is 15.3. The molecule has 2 rings (SSSR count). The Bertz CT molecular complexity index is 601. The van der Waals surface area contributed by atoms with Gasteiger partial charge in [-0.1, -0.05) is 45.9 Å². The van der Waals surface area contributed by atoms with Crippen LogP contribution in [-0.2, 0) is 6.54 Å². The fourth-order valence-corrected chi connectivity index (χ4v) is 3.05. The number of quaternary nitrogens is 1. The smallest absolute Gasteiger partial charge is 0.119 e. The molecular formula is C20H31N2+. The number of hydrogen-bond acceptors (Lipinski definition) is 0. The molecule has 0 amide bonds. The molecule has 22 heavy (non-hydrogen) atoms. The Balaban J connectivity index is 2.51. The Labute approximate surface area is 135 Å². The van der Waals surface area contributed by atoms with Gasteiger partial charge in [0.05, 0.1) is 26.8 Å². The van der Waals surface area contributed by atoms with E-state index in [1.54, 1.807) is 0 Å². The number of hydrogen-bond donors (Lipinski definition) is 1. The van der Waals surface area contributed by atoms with Crippen molar-refractivity contribution in [3.63, 3.8) is 0 Å². The van der Waals surface area contributed by atoms with Crippen molar-refractivity contribution in [1.29, 1.82) is 0 Å². The van der Waals surface area contributed by atoms with E-state index in [2.05, 4.69) is 84.2 Å². The van der Waals surface area contributed by atoms with Crippen LogP contribution >= 0.6 is 0 Å². The van der Waals surface area contributed by atoms with E-state index in [9.17, 15) is 0 Å². The van der Waals surface area contributed by atoms with Crippen molar-refractivity contribution in [3.8, 4) is 11.3 Å². The summed E-state index contributed by atoms with van der Waals surface area (Å²) in [6.45, 7) is 10.1. The third kappa shape index (κ3) is 3.80. The Morgan fingerprint density at radius 3 is 1.86 bits per heavy atom. The van der Waals surface area contributed by atoms with Gasteiger partial charge in [-0.25, -0.2) is 0 Å². The Hall–Kier alpha value is -1.54. The summed E-state index contributed by atoms with van der Waals surface area (Å²) in [6.07, 6.45) is 0. The van der Waals surface area contributed by atoms with Crippen molar-refractivity contribution < 1.29 is 4.48 Å². The molecule has 0 saturated heterocycles. The molecule has 1 N–H and O–H groups in total. The van der Waals surface area contributed by atoms with E-state index in [4.69, 9.17) is 0 Å². The summed E-state index contributed by atoms with van der Waals surface area (Å²) < 4.78 is 0.933. The van der Waals surface area contributed by atoms with Crippen LogP contribution < -0.4 is 0 Å². The van der Waals surface area contributed by atoms with Crippen LogP contribution in [0.1, 0.15) is 56.4 Å². The molecule has 0 aliphatic heterocycles. The lowest BCUT2D eigenvalue weighted by Crippen LogP contribution is -2.33. The average molecular weight is 299 g/mol. The van der Waals surface area contributed by atoms with E-state index in [0.29, 0.717) is 11.8 Å². The standard InChI is InChI=1S/C20H31N2/c1-14(2)17-9-8-10-18(15(3)4)20(17)19-12-11-16(21-19)13-22(5,6)7/h8-12,14-15,21H,13H2,1-7H3/q+1. The summed E-state index contributed by atoms with van der Waals surface area (Å²) >= 11 is 0. The van der Waals surface area contributed by atoms with E-state index < -0.39 is 0 Å². The molecule has 0 bridgehead atoms. The second-order valence-corrected chi connectivity index (χ2v) is 7.97. The lowest BCUT2D eigenvalue weighted by molar-refractivity contribution is -0.884. The van der Waals surface area contributed by atoms with Crippen LogP contribution in [0.4, 0.5) is 0 Å². The van der Waals surface area contributed by atoms with Crippen LogP contribution in [0.3, 0.4) is 0 Å². The molecule has 0 spiro atoms. The third-order valence-electron chi connectivity index (χ3n) is 4.03. The summed E-state index contributed by atoms with van der Waals surface area (Å²) in [7, 11) is 6.67. The first-order valence-electron chi connectivity index (χ1n) is 8.30. The summed E-state index contributed by atoms with van der Waals surface area (Å²) in [4.78, 5) is 3.66. The van der Waals surface area contributed by atoms with Gasteiger partial charge in [-0.2, -0.15) is 0 Å². The second kappa shape index (κ2) is 6.29. The minimum absolute atomic E-state index is 0.527. The Morgan fingerprint density at radius 2 is 1.41 bits per heavy atom. The zero-order chi connectivity index (χ0) is 16.5. The molecule has 1 heterocycles. The first-order chi connectivity index (χ1) is 10.2. The van der Waals surface area contributed by atoms with Crippen LogP contribution in [0.15, 0.2) is 30.3 Å². The molecular weight excluding hydrogens is 268 g/mol. The normalized spacial score (nSPS) is 12.4. The molecule has 0 radical (unpaired) electrons. The zero-order valence-electron chi connectivity index (χ0n) is 15.2. The number of H-pyrrole nitrogens is 1. The van der Waals surface area contributed by atoms with E-state index in [1.165, 1.54) is 28.1 Å². The number of benzene rings is 1. The van der Waals surface area contributed by atoms with E-state index in [0.717, 1.165) is 11.0 Å². The van der Waals surface area contributed by atoms with Crippen molar-refractivity contribution in [2.24, 2.45) is 0 Å². The maximum absolute atomic E-state index is 3.66. The van der Waals surface area contributed by atoms with Crippen LogP contribution in [0.25, 0.3) is 11.3 Å². The maximum atomic E-state index is 3.66. The second-order valence-electron chi connectivity index (χ2n) is 7.97. The molecule has 2 nitrogen and oxygen atoms in total. The van der Waals surface area contributed by atoms with Crippen molar-refractivity contribution in [2.45, 2.75) is 46.1 Å². The summed E-state index contributed by atoms with van der Waals surface area (Å²) in [5.41, 5.74) is 6.84. The van der Waals surface area contributed by atoms with Gasteiger partial charge < -0.3 is 9.47 Å². The molecule has 0 saturated carbocycles. The summed E-state index contributed by atoms with van der Waals surface area (Å²) in [5.74, 6) is 1.05. The molecule has 0 unspecified atom stereocenters. The van der Waals surface area contributed by atoms with Crippen LogP contribution in [0.5, 0.6) is 0 Å². The Kier molecular flexibility index (Phi) is 4.81. The van der Waals surface area contributed by atoms with Gasteiger partial charge in [0.2, 0.25) is 0 Å². The van der Waals surface area contributed by atoms with Gasteiger partial charge in [-0.3, -0.25) is 0 Å². The fourth-order valence-electron chi connectivity index (χ4n) is 3.05.